The molecule has 0 radical (unpaired) electrons. The average Bonchev–Trinajstić information content (AvgIpc) is 2.72. The first-order valence-electron chi connectivity index (χ1n) is 4.86. The van der Waals surface area contributed by atoms with Gasteiger partial charge in [-0.25, -0.2) is 0 Å². The van der Waals surface area contributed by atoms with Gasteiger partial charge in [-0.1, -0.05) is 18.2 Å². The second kappa shape index (κ2) is 4.08. The molecule has 0 unspecified atom stereocenters. The van der Waals surface area contributed by atoms with Crippen molar-refractivity contribution in [3.63, 3.8) is 0 Å². The van der Waals surface area contributed by atoms with Gasteiger partial charge >= 0.3 is 0 Å². The third-order valence-corrected chi connectivity index (χ3v) is 2.20. The van der Waals surface area contributed by atoms with E-state index in [1.807, 2.05) is 25.1 Å². The van der Waals surface area contributed by atoms with Gasteiger partial charge in [0.15, 0.2) is 0 Å². The Labute approximate surface area is 86.9 Å². The van der Waals surface area contributed by atoms with Gasteiger partial charge in [0.05, 0.1) is 5.52 Å². The van der Waals surface area contributed by atoms with Gasteiger partial charge in [-0.2, -0.15) is 0 Å². The third kappa shape index (κ3) is 2.12. The van der Waals surface area contributed by atoms with Crippen molar-refractivity contribution in [2.45, 2.75) is 19.9 Å². The summed E-state index contributed by atoms with van der Waals surface area (Å²) >= 11 is 0. The summed E-state index contributed by atoms with van der Waals surface area (Å²) < 4.78 is 0. The van der Waals surface area contributed by atoms with Crippen molar-refractivity contribution < 1.29 is 4.79 Å². The fourth-order valence-electron chi connectivity index (χ4n) is 1.33. The van der Waals surface area contributed by atoms with E-state index in [0.29, 0.717) is 13.0 Å². The van der Waals surface area contributed by atoms with E-state index in [1.54, 1.807) is 0 Å². The quantitative estimate of drug-likeness (QED) is 0.783. The van der Waals surface area contributed by atoms with Crippen LogP contribution in [0.2, 0.25) is 0 Å². The van der Waals surface area contributed by atoms with Crippen LogP contribution in [0.3, 0.4) is 0 Å². The molecule has 0 atom stereocenters. The van der Waals surface area contributed by atoms with Gasteiger partial charge in [-0.15, -0.1) is 5.10 Å². The Bertz CT molecular complexity index is 477. The predicted molar refractivity (Wildman–Crippen MR) is 56.0 cm³/mol. The van der Waals surface area contributed by atoms with Crippen LogP contribution in [-0.4, -0.2) is 21.3 Å². The Morgan fingerprint density at radius 2 is 2.40 bits per heavy atom. The first-order chi connectivity index (χ1) is 7.29. The first-order valence-corrected chi connectivity index (χ1v) is 4.86. The number of carbonyl (C=O) groups is 1. The van der Waals surface area contributed by atoms with Gasteiger partial charge in [0.1, 0.15) is 5.52 Å². The minimum Gasteiger partial charge on any atom is -0.352 e. The van der Waals surface area contributed by atoms with E-state index in [0.717, 1.165) is 16.6 Å². The van der Waals surface area contributed by atoms with Crippen molar-refractivity contribution in [1.82, 2.24) is 20.7 Å². The Kier molecular flexibility index (Phi) is 2.62. The third-order valence-electron chi connectivity index (χ3n) is 2.20. The zero-order valence-electron chi connectivity index (χ0n) is 8.45. The number of nitrogens with zero attached hydrogens (tertiary/aromatic N) is 2. The maximum absolute atomic E-state index is 11.1. The Morgan fingerprint density at radius 1 is 1.53 bits per heavy atom. The number of H-pyrrole nitrogens is 1. The largest absolute Gasteiger partial charge is 0.352 e. The monoisotopic (exact) mass is 204 g/mol. The van der Waals surface area contributed by atoms with Crippen LogP contribution in [0.1, 0.15) is 18.9 Å². The van der Waals surface area contributed by atoms with Crippen molar-refractivity contribution >= 4 is 16.9 Å². The molecular weight excluding hydrogens is 192 g/mol. The van der Waals surface area contributed by atoms with Crippen molar-refractivity contribution in [2.75, 3.05) is 0 Å². The molecule has 2 N–H and O–H groups in total. The van der Waals surface area contributed by atoms with Crippen molar-refractivity contribution in [1.29, 1.82) is 0 Å². The van der Waals surface area contributed by atoms with E-state index in [2.05, 4.69) is 20.7 Å². The summed E-state index contributed by atoms with van der Waals surface area (Å²) in [4.78, 5) is 11.1. The number of aromatic nitrogens is 3. The van der Waals surface area contributed by atoms with E-state index < -0.39 is 0 Å². The SMILES string of the molecule is CCC(=O)NCc1ccc2nn[nH]c2c1. The molecule has 0 saturated carbocycles. The van der Waals surface area contributed by atoms with Crippen molar-refractivity contribution in [2.24, 2.45) is 0 Å². The number of carbonyl (C=O) groups excluding carboxylic acids is 1. The van der Waals surface area contributed by atoms with Gasteiger partial charge in [-0.3, -0.25) is 9.89 Å². The highest BCUT2D eigenvalue weighted by molar-refractivity contribution is 5.76. The number of nitrogens with one attached hydrogen (secondary N) is 2. The molecule has 2 aromatic rings. The van der Waals surface area contributed by atoms with Crippen LogP contribution in [0.5, 0.6) is 0 Å². The molecule has 1 aromatic heterocycles. The summed E-state index contributed by atoms with van der Waals surface area (Å²) in [5.41, 5.74) is 2.76. The van der Waals surface area contributed by atoms with E-state index >= 15 is 0 Å². The standard InChI is InChI=1S/C10H12N4O/c1-2-10(15)11-6-7-3-4-8-9(5-7)13-14-12-8/h3-5H,2,6H2,1H3,(H,11,15)(H,12,13,14). The molecule has 1 amide bonds. The summed E-state index contributed by atoms with van der Waals surface area (Å²) in [7, 11) is 0. The van der Waals surface area contributed by atoms with Crippen molar-refractivity contribution in [3.05, 3.63) is 23.8 Å². The number of amides is 1. The minimum atomic E-state index is 0.0535. The van der Waals surface area contributed by atoms with Gasteiger partial charge in [-0.05, 0) is 17.7 Å². The number of hydrogen-bond acceptors (Lipinski definition) is 3. The topological polar surface area (TPSA) is 70.7 Å². The second-order valence-electron chi connectivity index (χ2n) is 3.29. The summed E-state index contributed by atoms with van der Waals surface area (Å²) in [6.45, 7) is 2.37. The Hall–Kier alpha value is -1.91. The first kappa shape index (κ1) is 9.64. The molecule has 0 aliphatic carbocycles. The number of benzene rings is 1. The molecule has 0 fully saturated rings. The van der Waals surface area contributed by atoms with E-state index in [1.165, 1.54) is 0 Å². The molecule has 2 rings (SSSR count). The Morgan fingerprint density at radius 3 is 3.20 bits per heavy atom. The molecule has 0 spiro atoms. The van der Waals surface area contributed by atoms with Gasteiger partial charge in [0.25, 0.3) is 0 Å². The average molecular weight is 204 g/mol. The molecule has 15 heavy (non-hydrogen) atoms. The van der Waals surface area contributed by atoms with Gasteiger partial charge < -0.3 is 5.32 Å². The maximum Gasteiger partial charge on any atom is 0.219 e. The van der Waals surface area contributed by atoms with Crippen LogP contribution in [0.25, 0.3) is 11.0 Å². The van der Waals surface area contributed by atoms with Crippen LogP contribution >= 0.6 is 0 Å². The molecule has 5 nitrogen and oxygen atoms in total. The lowest BCUT2D eigenvalue weighted by atomic mass is 10.2. The lowest BCUT2D eigenvalue weighted by molar-refractivity contribution is -0.120. The molecule has 1 aromatic carbocycles. The fraction of sp³-hybridized carbons (Fsp3) is 0.300. The number of hydrogen-bond donors (Lipinski definition) is 2. The lowest BCUT2D eigenvalue weighted by Gasteiger charge is -2.02. The van der Waals surface area contributed by atoms with Gasteiger partial charge in [0.2, 0.25) is 5.91 Å². The highest BCUT2D eigenvalue weighted by Crippen LogP contribution is 2.10. The van der Waals surface area contributed by atoms with Gasteiger partial charge in [0, 0.05) is 13.0 Å². The van der Waals surface area contributed by atoms with Crippen molar-refractivity contribution in [3.8, 4) is 0 Å². The summed E-state index contributed by atoms with van der Waals surface area (Å²) in [5.74, 6) is 0.0535. The van der Waals surface area contributed by atoms with E-state index in [4.69, 9.17) is 0 Å². The summed E-state index contributed by atoms with van der Waals surface area (Å²) in [6.07, 6.45) is 0.508. The molecule has 0 aliphatic heterocycles. The molecular formula is C10H12N4O. The normalized spacial score (nSPS) is 10.5. The van der Waals surface area contributed by atoms with E-state index in [9.17, 15) is 4.79 Å². The van der Waals surface area contributed by atoms with Crippen LogP contribution < -0.4 is 5.32 Å². The summed E-state index contributed by atoms with van der Waals surface area (Å²) in [5, 5.41) is 13.2. The lowest BCUT2D eigenvalue weighted by Crippen LogP contribution is -2.21. The molecule has 78 valence electrons. The Balaban J connectivity index is 2.11. The maximum atomic E-state index is 11.1. The number of aromatic amines is 1. The molecule has 1 heterocycles. The predicted octanol–water partition coefficient (Wildman–Crippen LogP) is 0.984. The number of fused-ring (bicyclic) bond motifs is 1. The van der Waals surface area contributed by atoms with Crippen LogP contribution in [0.4, 0.5) is 0 Å². The second-order valence-corrected chi connectivity index (χ2v) is 3.29. The smallest absolute Gasteiger partial charge is 0.219 e. The number of rotatable bonds is 3. The highest BCUT2D eigenvalue weighted by Gasteiger charge is 2.00. The van der Waals surface area contributed by atoms with Crippen LogP contribution in [0, 0.1) is 0 Å². The zero-order chi connectivity index (χ0) is 10.7. The summed E-state index contributed by atoms with van der Waals surface area (Å²) in [6, 6.07) is 5.75. The fourth-order valence-corrected chi connectivity index (χ4v) is 1.33. The zero-order valence-corrected chi connectivity index (χ0v) is 8.45. The van der Waals surface area contributed by atoms with Crippen LogP contribution in [-0.2, 0) is 11.3 Å². The minimum absolute atomic E-state index is 0.0535. The highest BCUT2D eigenvalue weighted by atomic mass is 16.1. The van der Waals surface area contributed by atoms with Crippen LogP contribution in [0.15, 0.2) is 18.2 Å². The van der Waals surface area contributed by atoms with E-state index in [-0.39, 0.29) is 5.91 Å². The molecule has 0 aliphatic rings. The molecule has 5 heteroatoms. The molecule has 0 saturated heterocycles. The molecule has 0 bridgehead atoms.